The monoisotopic (exact) mass is 439 g/mol. The third-order valence-electron chi connectivity index (χ3n) is 8.31. The molecule has 0 radical (unpaired) electrons. The number of amides is 1. The van der Waals surface area contributed by atoms with Gasteiger partial charge in [-0.15, -0.1) is 0 Å². The fourth-order valence-electron chi connectivity index (χ4n) is 6.70. The first kappa shape index (κ1) is 25.0. The van der Waals surface area contributed by atoms with Crippen LogP contribution in [0.5, 0.6) is 0 Å². The second-order valence-corrected chi connectivity index (χ2v) is 10.6. The van der Waals surface area contributed by atoms with Gasteiger partial charge in [0.25, 0.3) is 5.91 Å². The summed E-state index contributed by atoms with van der Waals surface area (Å²) < 4.78 is 0. The summed E-state index contributed by atoms with van der Waals surface area (Å²) >= 11 is 0. The van der Waals surface area contributed by atoms with Crippen LogP contribution in [-0.4, -0.2) is 28.4 Å². The Bertz CT molecular complexity index is 697. The zero-order chi connectivity index (χ0) is 21.5. The summed E-state index contributed by atoms with van der Waals surface area (Å²) in [5, 5.41) is 0. The van der Waals surface area contributed by atoms with Gasteiger partial charge in [0.2, 0.25) is 0 Å². The lowest BCUT2D eigenvalue weighted by Crippen LogP contribution is -2.52. The van der Waals surface area contributed by atoms with Crippen LogP contribution in [-0.2, 0) is 0 Å². The number of hydrogen-bond donors (Lipinski definition) is 0. The summed E-state index contributed by atoms with van der Waals surface area (Å²) in [6.07, 6.45) is 20.7. The highest BCUT2D eigenvalue weighted by molar-refractivity contribution is 5.94. The summed E-state index contributed by atoms with van der Waals surface area (Å²) in [5.41, 5.74) is 2.23. The lowest BCUT2D eigenvalue weighted by atomic mass is 9.75. The fourth-order valence-corrected chi connectivity index (χ4v) is 6.70. The van der Waals surface area contributed by atoms with E-state index in [1.807, 2.05) is 30.3 Å². The Balaban J connectivity index is 0.00000289. The van der Waals surface area contributed by atoms with Crippen molar-refractivity contribution in [2.75, 3.05) is 0 Å². The van der Waals surface area contributed by atoms with Gasteiger partial charge in [0.1, 0.15) is 0 Å². The summed E-state index contributed by atoms with van der Waals surface area (Å²) in [7, 11) is 0. The highest BCUT2D eigenvalue weighted by Gasteiger charge is 2.38. The molecule has 3 aliphatic rings. The van der Waals surface area contributed by atoms with Crippen molar-refractivity contribution in [1.29, 1.82) is 0 Å². The maximum absolute atomic E-state index is 14.0. The van der Waals surface area contributed by atoms with Crippen molar-refractivity contribution in [3.05, 3.63) is 48.0 Å². The predicted octanol–water partition coefficient (Wildman–Crippen LogP) is 7.11. The van der Waals surface area contributed by atoms with Crippen molar-refractivity contribution in [2.24, 2.45) is 11.8 Å². The van der Waals surface area contributed by atoms with Gasteiger partial charge in [-0.2, -0.15) is 0 Å². The van der Waals surface area contributed by atoms with E-state index in [0.717, 1.165) is 17.9 Å². The molecule has 1 aromatic rings. The Hall–Kier alpha value is -1.61. The number of carbonyl (C=O) groups excluding carboxylic acids is 1. The second-order valence-electron chi connectivity index (χ2n) is 10.6. The van der Waals surface area contributed by atoms with E-state index >= 15 is 0 Å². The van der Waals surface area contributed by atoms with Gasteiger partial charge in [-0.05, 0) is 56.1 Å². The van der Waals surface area contributed by atoms with E-state index in [1.165, 1.54) is 102 Å². The molecule has 1 aromatic carbocycles. The molecule has 32 heavy (non-hydrogen) atoms. The second kappa shape index (κ2) is 12.6. The van der Waals surface area contributed by atoms with E-state index in [4.69, 9.17) is 6.58 Å². The summed E-state index contributed by atoms with van der Waals surface area (Å²) in [6.45, 7) is 4.72. The number of rotatable bonds is 7. The molecule has 3 heteroatoms. The Morgan fingerprint density at radius 1 is 0.812 bits per heavy atom. The first-order chi connectivity index (χ1) is 15.2. The SMILES string of the molecule is C=C(CC1CCCCC1)C(C1CCCCC1)N(C(=O)c1ccccc1)C1CCCCC1.O. The Kier molecular flexibility index (Phi) is 9.84. The molecular formula is C29H45NO2. The highest BCUT2D eigenvalue weighted by Crippen LogP contribution is 2.39. The highest BCUT2D eigenvalue weighted by atomic mass is 16.2. The average Bonchev–Trinajstić information content (AvgIpc) is 2.84. The molecule has 3 aliphatic carbocycles. The van der Waals surface area contributed by atoms with E-state index in [-0.39, 0.29) is 17.4 Å². The molecule has 3 fully saturated rings. The molecule has 1 unspecified atom stereocenters. The quantitative estimate of drug-likeness (QED) is 0.417. The molecule has 0 aliphatic heterocycles. The largest absolute Gasteiger partial charge is 0.412 e. The van der Waals surface area contributed by atoms with Crippen molar-refractivity contribution in [2.45, 2.75) is 115 Å². The van der Waals surface area contributed by atoms with Crippen molar-refractivity contribution in [1.82, 2.24) is 4.90 Å². The first-order valence-corrected chi connectivity index (χ1v) is 13.3. The lowest BCUT2D eigenvalue weighted by molar-refractivity contribution is 0.0422. The normalized spacial score (nSPS) is 22.0. The van der Waals surface area contributed by atoms with Gasteiger partial charge in [0.15, 0.2) is 0 Å². The van der Waals surface area contributed by atoms with Crippen LogP contribution in [0.1, 0.15) is 113 Å². The molecule has 4 rings (SSSR count). The van der Waals surface area contributed by atoms with Crippen molar-refractivity contribution < 1.29 is 10.3 Å². The topological polar surface area (TPSA) is 51.8 Å². The number of carbonyl (C=O) groups is 1. The molecule has 2 N–H and O–H groups in total. The molecule has 0 heterocycles. The fraction of sp³-hybridized carbons (Fsp3) is 0.690. The van der Waals surface area contributed by atoms with Crippen molar-refractivity contribution >= 4 is 5.91 Å². The maximum atomic E-state index is 14.0. The standard InChI is InChI=1S/C29H43NO.H2O/c1-23(22-24-14-6-2-7-15-24)28(25-16-8-3-9-17-25)30(27-20-12-5-13-21-27)29(31)26-18-10-4-11-19-26;/h4,10-11,18-19,24-25,27-28H,1-3,5-9,12-17,20-22H2;1H2. The van der Waals surface area contributed by atoms with E-state index in [1.54, 1.807) is 0 Å². The van der Waals surface area contributed by atoms with Crippen LogP contribution in [0.25, 0.3) is 0 Å². The molecule has 0 aromatic heterocycles. The van der Waals surface area contributed by atoms with Crippen LogP contribution in [0.2, 0.25) is 0 Å². The molecule has 0 bridgehead atoms. The van der Waals surface area contributed by atoms with Crippen LogP contribution in [0.3, 0.4) is 0 Å². The van der Waals surface area contributed by atoms with Gasteiger partial charge in [0.05, 0.1) is 6.04 Å². The van der Waals surface area contributed by atoms with Gasteiger partial charge in [-0.25, -0.2) is 0 Å². The Morgan fingerprint density at radius 3 is 1.94 bits per heavy atom. The molecule has 3 saturated carbocycles. The van der Waals surface area contributed by atoms with Crippen LogP contribution in [0, 0.1) is 11.8 Å². The van der Waals surface area contributed by atoms with Gasteiger partial charge in [-0.3, -0.25) is 4.79 Å². The van der Waals surface area contributed by atoms with Gasteiger partial charge in [0, 0.05) is 11.6 Å². The molecule has 0 saturated heterocycles. The summed E-state index contributed by atoms with van der Waals surface area (Å²) in [4.78, 5) is 16.4. The predicted molar refractivity (Wildman–Crippen MR) is 134 cm³/mol. The molecule has 3 nitrogen and oxygen atoms in total. The molecule has 1 atom stereocenters. The van der Waals surface area contributed by atoms with E-state index in [9.17, 15) is 4.79 Å². The van der Waals surface area contributed by atoms with Gasteiger partial charge < -0.3 is 10.4 Å². The molecule has 1 amide bonds. The molecule has 178 valence electrons. The summed E-state index contributed by atoms with van der Waals surface area (Å²) in [5.74, 6) is 1.64. The minimum atomic E-state index is 0. The summed E-state index contributed by atoms with van der Waals surface area (Å²) in [6, 6.07) is 10.7. The van der Waals surface area contributed by atoms with Gasteiger partial charge >= 0.3 is 0 Å². The molecule has 0 spiro atoms. The van der Waals surface area contributed by atoms with Crippen LogP contribution >= 0.6 is 0 Å². The number of benzene rings is 1. The zero-order valence-electron chi connectivity index (χ0n) is 20.1. The van der Waals surface area contributed by atoms with E-state index in [2.05, 4.69) is 4.90 Å². The van der Waals surface area contributed by atoms with Crippen LogP contribution in [0.15, 0.2) is 42.5 Å². The van der Waals surface area contributed by atoms with Crippen LogP contribution < -0.4 is 0 Å². The van der Waals surface area contributed by atoms with Crippen LogP contribution in [0.4, 0.5) is 0 Å². The zero-order valence-corrected chi connectivity index (χ0v) is 20.1. The average molecular weight is 440 g/mol. The third-order valence-corrected chi connectivity index (χ3v) is 8.31. The lowest BCUT2D eigenvalue weighted by Gasteiger charge is -2.46. The van der Waals surface area contributed by atoms with Crippen molar-refractivity contribution in [3.8, 4) is 0 Å². The maximum Gasteiger partial charge on any atom is 0.254 e. The van der Waals surface area contributed by atoms with Gasteiger partial charge in [-0.1, -0.05) is 101 Å². The Labute approximate surface area is 196 Å². The minimum absolute atomic E-state index is 0. The molecular weight excluding hydrogens is 394 g/mol. The minimum Gasteiger partial charge on any atom is -0.412 e. The number of hydrogen-bond acceptors (Lipinski definition) is 1. The smallest absolute Gasteiger partial charge is 0.254 e. The van der Waals surface area contributed by atoms with E-state index in [0.29, 0.717) is 12.0 Å². The Morgan fingerprint density at radius 2 is 1.34 bits per heavy atom. The van der Waals surface area contributed by atoms with E-state index < -0.39 is 0 Å². The van der Waals surface area contributed by atoms with Crippen molar-refractivity contribution in [3.63, 3.8) is 0 Å². The third kappa shape index (κ3) is 6.25. The first-order valence-electron chi connectivity index (χ1n) is 13.3. The number of nitrogens with zero attached hydrogens (tertiary/aromatic N) is 1.